The van der Waals surface area contributed by atoms with Gasteiger partial charge in [0.1, 0.15) is 22.3 Å². The van der Waals surface area contributed by atoms with E-state index >= 15 is 0 Å². The van der Waals surface area contributed by atoms with Crippen LogP contribution in [0.4, 0.5) is 17.1 Å². The topological polar surface area (TPSA) is 29.5 Å². The molecule has 0 saturated heterocycles. The highest BCUT2D eigenvalue weighted by Crippen LogP contribution is 2.46. The molecule has 12 aromatic rings. The molecule has 256 valence electrons. The monoisotopic (exact) mass is 701 g/mol. The van der Waals surface area contributed by atoms with Crippen LogP contribution in [0.5, 0.6) is 0 Å². The first-order chi connectivity index (χ1) is 27.3. The maximum atomic E-state index is 6.25. The first-order valence-corrected chi connectivity index (χ1v) is 18.7. The maximum absolute atomic E-state index is 6.25. The van der Waals surface area contributed by atoms with Gasteiger partial charge in [0.15, 0.2) is 0 Å². The van der Waals surface area contributed by atoms with Crippen LogP contribution in [0.15, 0.2) is 197 Å². The second kappa shape index (κ2) is 11.6. The number of nitrogens with zero attached hydrogens (tertiary/aromatic N) is 1. The minimum Gasteiger partial charge on any atom is -0.456 e. The lowest BCUT2D eigenvalue weighted by Gasteiger charge is -2.28. The van der Waals surface area contributed by atoms with E-state index < -0.39 is 0 Å². The minimum atomic E-state index is 0.900. The average Bonchev–Trinajstić information content (AvgIpc) is 3.83. The van der Waals surface area contributed by atoms with E-state index in [1.165, 1.54) is 32.3 Å². The summed E-state index contributed by atoms with van der Waals surface area (Å²) in [5.41, 5.74) is 11.5. The Labute approximate surface area is 316 Å². The Morgan fingerprint density at radius 3 is 1.31 bits per heavy atom. The van der Waals surface area contributed by atoms with E-state index in [0.717, 1.165) is 83.2 Å². The van der Waals surface area contributed by atoms with Crippen LogP contribution < -0.4 is 4.90 Å². The molecule has 10 aromatic carbocycles. The molecule has 12 rings (SSSR count). The first-order valence-electron chi connectivity index (χ1n) is 18.7. The largest absolute Gasteiger partial charge is 0.456 e. The molecule has 2 heterocycles. The van der Waals surface area contributed by atoms with Gasteiger partial charge in [-0.2, -0.15) is 0 Å². The van der Waals surface area contributed by atoms with Crippen molar-refractivity contribution in [3.05, 3.63) is 188 Å². The smallest absolute Gasteiger partial charge is 0.136 e. The number of anilines is 3. The van der Waals surface area contributed by atoms with Crippen molar-refractivity contribution in [3.63, 3.8) is 0 Å². The molecule has 0 saturated carbocycles. The number of fused-ring (bicyclic) bond motifs is 6. The highest BCUT2D eigenvalue weighted by molar-refractivity contribution is 6.26. The summed E-state index contributed by atoms with van der Waals surface area (Å²) in [4.78, 5) is 2.40. The third-order valence-electron chi connectivity index (χ3n) is 11.4. The Kier molecular flexibility index (Phi) is 6.34. The molecule has 55 heavy (non-hydrogen) atoms. The second-order valence-electron chi connectivity index (χ2n) is 14.4. The van der Waals surface area contributed by atoms with Crippen molar-refractivity contribution < 1.29 is 8.83 Å². The lowest BCUT2D eigenvalue weighted by Crippen LogP contribution is -2.10. The van der Waals surface area contributed by atoms with Gasteiger partial charge in [-0.05, 0) is 104 Å². The molecule has 0 spiro atoms. The molecular formula is C52H31NO2. The van der Waals surface area contributed by atoms with Gasteiger partial charge in [-0.15, -0.1) is 0 Å². The van der Waals surface area contributed by atoms with Gasteiger partial charge in [-0.1, -0.05) is 133 Å². The van der Waals surface area contributed by atoms with Crippen LogP contribution in [0, 0.1) is 0 Å². The van der Waals surface area contributed by atoms with Gasteiger partial charge in [0.2, 0.25) is 0 Å². The van der Waals surface area contributed by atoms with Crippen LogP contribution in [-0.2, 0) is 0 Å². The van der Waals surface area contributed by atoms with Gasteiger partial charge in [0.05, 0.1) is 5.69 Å². The number of rotatable bonds is 5. The fourth-order valence-electron chi connectivity index (χ4n) is 8.95. The fourth-order valence-corrected chi connectivity index (χ4v) is 8.95. The number of hydrogen-bond donors (Lipinski definition) is 0. The summed E-state index contributed by atoms with van der Waals surface area (Å²) in [7, 11) is 0. The van der Waals surface area contributed by atoms with Gasteiger partial charge in [-0.3, -0.25) is 0 Å². The van der Waals surface area contributed by atoms with Gasteiger partial charge in [0.25, 0.3) is 0 Å². The van der Waals surface area contributed by atoms with Gasteiger partial charge >= 0.3 is 0 Å². The molecule has 0 aliphatic heterocycles. The van der Waals surface area contributed by atoms with Crippen molar-refractivity contribution in [2.75, 3.05) is 4.90 Å². The van der Waals surface area contributed by atoms with E-state index in [4.69, 9.17) is 8.83 Å². The molecule has 3 nitrogen and oxygen atoms in total. The summed E-state index contributed by atoms with van der Waals surface area (Å²) in [6, 6.07) is 67.4. The molecular weight excluding hydrogens is 671 g/mol. The van der Waals surface area contributed by atoms with Crippen LogP contribution in [0.2, 0.25) is 0 Å². The molecule has 0 N–H and O–H groups in total. The Balaban J connectivity index is 1.04. The van der Waals surface area contributed by atoms with E-state index in [1.54, 1.807) is 0 Å². The highest BCUT2D eigenvalue weighted by Gasteiger charge is 2.20. The molecule has 0 aliphatic rings. The predicted molar refractivity (Wildman–Crippen MR) is 230 cm³/mol. The third kappa shape index (κ3) is 4.50. The maximum Gasteiger partial charge on any atom is 0.136 e. The van der Waals surface area contributed by atoms with E-state index in [1.807, 2.05) is 24.3 Å². The number of para-hydroxylation sites is 2. The van der Waals surface area contributed by atoms with Crippen LogP contribution in [0.1, 0.15) is 0 Å². The summed E-state index contributed by atoms with van der Waals surface area (Å²) < 4.78 is 12.5. The molecule has 0 atom stereocenters. The Bertz CT molecular complexity index is 3250. The van der Waals surface area contributed by atoms with E-state index in [0.29, 0.717) is 0 Å². The molecule has 0 bridgehead atoms. The zero-order valence-electron chi connectivity index (χ0n) is 29.7. The van der Waals surface area contributed by atoms with Crippen LogP contribution in [-0.4, -0.2) is 0 Å². The number of hydrogen-bond acceptors (Lipinski definition) is 3. The first kappa shape index (κ1) is 30.1. The molecule has 2 aromatic heterocycles. The summed E-state index contributed by atoms with van der Waals surface area (Å²) in [6.07, 6.45) is 0. The van der Waals surface area contributed by atoms with Crippen LogP contribution in [0.3, 0.4) is 0 Å². The molecule has 3 heteroatoms. The normalized spacial score (nSPS) is 12.0. The zero-order chi connectivity index (χ0) is 36.0. The van der Waals surface area contributed by atoms with Gasteiger partial charge in [-0.25, -0.2) is 0 Å². The minimum absolute atomic E-state index is 0.900. The molecule has 0 unspecified atom stereocenters. The van der Waals surface area contributed by atoms with E-state index in [2.05, 4.69) is 169 Å². The molecule has 0 radical (unpaired) electrons. The molecule has 0 amide bonds. The lowest BCUT2D eigenvalue weighted by molar-refractivity contribution is 0.668. The zero-order valence-corrected chi connectivity index (χ0v) is 29.7. The fraction of sp³-hybridized carbons (Fsp3) is 0. The van der Waals surface area contributed by atoms with E-state index in [9.17, 15) is 0 Å². The van der Waals surface area contributed by atoms with Crippen molar-refractivity contribution in [2.45, 2.75) is 0 Å². The lowest BCUT2D eigenvalue weighted by atomic mass is 9.93. The standard InChI is InChI=1S/C52H31NO2/c1-3-14-45-42(10-1)51-39(12-6-16-47(51)54-45)32-20-26-37(27-21-32)53(44-31-25-36-19-18-34-8-5-9-35-24-30-41(44)50(36)49(34)35)38-28-22-33(23-29-38)40-13-7-17-48-52(40)43-11-2-4-15-46(43)55-48/h1-31H. The number of benzene rings is 10. The SMILES string of the molecule is c1cc2ccc3ccc(N(c4ccc(-c5cccc6oc7ccccc7c56)cc4)c4ccc(-c5cccc6oc7ccccc7c56)cc4)c4ccc(c1)c2c34. The van der Waals surface area contributed by atoms with Crippen LogP contribution >= 0.6 is 0 Å². The quantitative estimate of drug-likeness (QED) is 0.167. The highest BCUT2D eigenvalue weighted by atomic mass is 16.3. The summed E-state index contributed by atoms with van der Waals surface area (Å²) in [5.74, 6) is 0. The average molecular weight is 702 g/mol. The summed E-state index contributed by atoms with van der Waals surface area (Å²) >= 11 is 0. The Morgan fingerprint density at radius 2 is 0.745 bits per heavy atom. The Hall–Kier alpha value is -7.36. The third-order valence-corrected chi connectivity index (χ3v) is 11.4. The van der Waals surface area contributed by atoms with Gasteiger partial charge in [0, 0.05) is 38.3 Å². The summed E-state index contributed by atoms with van der Waals surface area (Å²) in [6.45, 7) is 0. The van der Waals surface area contributed by atoms with Crippen molar-refractivity contribution in [2.24, 2.45) is 0 Å². The molecule has 0 fully saturated rings. The molecule has 0 aliphatic carbocycles. The van der Waals surface area contributed by atoms with Crippen LogP contribution in [0.25, 0.3) is 98.4 Å². The van der Waals surface area contributed by atoms with Gasteiger partial charge < -0.3 is 13.7 Å². The van der Waals surface area contributed by atoms with Crippen molar-refractivity contribution in [1.29, 1.82) is 0 Å². The van der Waals surface area contributed by atoms with Crippen molar-refractivity contribution in [1.82, 2.24) is 0 Å². The van der Waals surface area contributed by atoms with E-state index in [-0.39, 0.29) is 0 Å². The Morgan fingerprint density at radius 1 is 0.291 bits per heavy atom. The summed E-state index contributed by atoms with van der Waals surface area (Å²) in [5, 5.41) is 12.1. The second-order valence-corrected chi connectivity index (χ2v) is 14.4. The van der Waals surface area contributed by atoms with Crippen molar-refractivity contribution in [3.8, 4) is 22.3 Å². The number of furan rings is 2. The predicted octanol–water partition coefficient (Wildman–Crippen LogP) is 15.2. The van der Waals surface area contributed by atoms with Crippen molar-refractivity contribution >= 4 is 93.3 Å².